The quantitative estimate of drug-likeness (QED) is 0.793. The molecule has 0 unspecified atom stereocenters. The standard InChI is InChI=1S/C22H25NO3/c24-21(18-9-5-2-6-10-18)23-20-15-17(13-14-19(20)22(25)26)12-11-16-7-3-1-4-8-16/h1,3-4,7-8,13-15,18H,2,5-6,9-12H2,(H,23,24)(H,25,26). The first-order valence-electron chi connectivity index (χ1n) is 9.34. The van der Waals surface area contributed by atoms with Crippen LogP contribution in [0.2, 0.25) is 0 Å². The molecule has 0 bridgehead atoms. The van der Waals surface area contributed by atoms with Gasteiger partial charge in [-0.15, -0.1) is 0 Å². The van der Waals surface area contributed by atoms with Gasteiger partial charge >= 0.3 is 5.97 Å². The van der Waals surface area contributed by atoms with Gasteiger partial charge in [-0.3, -0.25) is 4.79 Å². The molecular formula is C22H25NO3. The molecule has 136 valence electrons. The van der Waals surface area contributed by atoms with Gasteiger partial charge in [-0.1, -0.05) is 55.7 Å². The van der Waals surface area contributed by atoms with Gasteiger partial charge in [-0.05, 0) is 48.9 Å². The number of nitrogens with one attached hydrogen (secondary N) is 1. The largest absolute Gasteiger partial charge is 0.478 e. The SMILES string of the molecule is O=C(O)c1ccc(CCc2ccccc2)cc1NC(=O)C1CCCCC1. The van der Waals surface area contributed by atoms with Gasteiger partial charge in [-0.25, -0.2) is 4.79 Å². The summed E-state index contributed by atoms with van der Waals surface area (Å²) in [5.74, 6) is -1.07. The van der Waals surface area contributed by atoms with E-state index in [1.54, 1.807) is 6.07 Å². The second-order valence-electron chi connectivity index (χ2n) is 6.99. The second-order valence-corrected chi connectivity index (χ2v) is 6.99. The molecule has 26 heavy (non-hydrogen) atoms. The third-order valence-electron chi connectivity index (χ3n) is 5.09. The average molecular weight is 351 g/mol. The number of amides is 1. The Kier molecular flexibility index (Phi) is 6.05. The summed E-state index contributed by atoms with van der Waals surface area (Å²) >= 11 is 0. The highest BCUT2D eigenvalue weighted by Gasteiger charge is 2.22. The van der Waals surface area contributed by atoms with E-state index >= 15 is 0 Å². The Morgan fingerprint density at radius 1 is 0.923 bits per heavy atom. The number of benzene rings is 2. The molecule has 0 saturated heterocycles. The van der Waals surface area contributed by atoms with Crippen LogP contribution < -0.4 is 5.32 Å². The molecule has 0 heterocycles. The van der Waals surface area contributed by atoms with Crippen LogP contribution in [-0.4, -0.2) is 17.0 Å². The van der Waals surface area contributed by atoms with Crippen molar-refractivity contribution in [3.63, 3.8) is 0 Å². The molecular weight excluding hydrogens is 326 g/mol. The molecule has 1 aliphatic carbocycles. The Morgan fingerprint density at radius 2 is 1.62 bits per heavy atom. The molecule has 1 fully saturated rings. The zero-order valence-corrected chi connectivity index (χ0v) is 14.9. The number of aryl methyl sites for hydroxylation is 2. The summed E-state index contributed by atoms with van der Waals surface area (Å²) < 4.78 is 0. The van der Waals surface area contributed by atoms with Crippen molar-refractivity contribution in [1.29, 1.82) is 0 Å². The molecule has 4 heteroatoms. The van der Waals surface area contributed by atoms with Gasteiger partial charge in [0.2, 0.25) is 5.91 Å². The minimum Gasteiger partial charge on any atom is -0.478 e. The predicted octanol–water partition coefficient (Wildman–Crippen LogP) is 4.69. The van der Waals surface area contributed by atoms with Crippen LogP contribution in [-0.2, 0) is 17.6 Å². The van der Waals surface area contributed by atoms with E-state index in [1.807, 2.05) is 30.3 Å². The minimum absolute atomic E-state index is 0.00151. The smallest absolute Gasteiger partial charge is 0.337 e. The molecule has 0 aliphatic heterocycles. The number of rotatable bonds is 6. The molecule has 0 aromatic heterocycles. The molecule has 4 nitrogen and oxygen atoms in total. The fraction of sp³-hybridized carbons (Fsp3) is 0.364. The van der Waals surface area contributed by atoms with Crippen LogP contribution in [0.25, 0.3) is 0 Å². The number of anilines is 1. The maximum absolute atomic E-state index is 12.5. The fourth-order valence-corrected chi connectivity index (χ4v) is 3.57. The third-order valence-corrected chi connectivity index (χ3v) is 5.09. The number of carboxylic acids is 1. The molecule has 0 radical (unpaired) electrons. The lowest BCUT2D eigenvalue weighted by Gasteiger charge is -2.21. The Bertz CT molecular complexity index is 764. The Hall–Kier alpha value is -2.62. The average Bonchev–Trinajstić information content (AvgIpc) is 2.68. The molecule has 0 atom stereocenters. The van der Waals surface area contributed by atoms with Crippen LogP contribution in [0.1, 0.15) is 53.6 Å². The van der Waals surface area contributed by atoms with Gasteiger partial charge in [0.15, 0.2) is 0 Å². The first-order chi connectivity index (χ1) is 12.6. The van der Waals surface area contributed by atoms with E-state index in [2.05, 4.69) is 17.4 Å². The van der Waals surface area contributed by atoms with Gasteiger partial charge in [0, 0.05) is 5.92 Å². The van der Waals surface area contributed by atoms with E-state index in [0.29, 0.717) is 5.69 Å². The molecule has 2 N–H and O–H groups in total. The maximum Gasteiger partial charge on any atom is 0.337 e. The van der Waals surface area contributed by atoms with E-state index in [1.165, 1.54) is 12.0 Å². The number of hydrogen-bond acceptors (Lipinski definition) is 2. The van der Waals surface area contributed by atoms with Gasteiger partial charge < -0.3 is 10.4 Å². The maximum atomic E-state index is 12.5. The van der Waals surface area contributed by atoms with Crippen LogP contribution in [0.15, 0.2) is 48.5 Å². The van der Waals surface area contributed by atoms with Crippen LogP contribution in [0.3, 0.4) is 0 Å². The summed E-state index contributed by atoms with van der Waals surface area (Å²) in [5.41, 5.74) is 2.83. The number of aromatic carboxylic acids is 1. The lowest BCUT2D eigenvalue weighted by atomic mass is 9.88. The van der Waals surface area contributed by atoms with Crippen LogP contribution in [0, 0.1) is 5.92 Å². The number of hydrogen-bond donors (Lipinski definition) is 2. The summed E-state index contributed by atoms with van der Waals surface area (Å²) in [6.45, 7) is 0. The minimum atomic E-state index is -1.02. The summed E-state index contributed by atoms with van der Waals surface area (Å²) in [4.78, 5) is 24.0. The monoisotopic (exact) mass is 351 g/mol. The zero-order valence-electron chi connectivity index (χ0n) is 14.9. The normalized spacial score (nSPS) is 14.8. The van der Waals surface area contributed by atoms with Gasteiger partial charge in [0.05, 0.1) is 11.3 Å². The number of carboxylic acid groups (broad SMARTS) is 1. The summed E-state index contributed by atoms with van der Waals surface area (Å²) in [6, 6.07) is 15.4. The van der Waals surface area contributed by atoms with Crippen LogP contribution in [0.5, 0.6) is 0 Å². The number of carbonyl (C=O) groups excluding carboxylic acids is 1. The second kappa shape index (κ2) is 8.65. The van der Waals surface area contributed by atoms with E-state index in [4.69, 9.17) is 0 Å². The summed E-state index contributed by atoms with van der Waals surface area (Å²) in [7, 11) is 0. The van der Waals surface area contributed by atoms with E-state index in [-0.39, 0.29) is 17.4 Å². The van der Waals surface area contributed by atoms with E-state index in [0.717, 1.165) is 44.1 Å². The van der Waals surface area contributed by atoms with Crippen LogP contribution in [0.4, 0.5) is 5.69 Å². The fourth-order valence-electron chi connectivity index (χ4n) is 3.57. The molecule has 1 aliphatic rings. The van der Waals surface area contributed by atoms with Crippen molar-refractivity contribution in [1.82, 2.24) is 0 Å². The van der Waals surface area contributed by atoms with Crippen molar-refractivity contribution >= 4 is 17.6 Å². The molecule has 0 spiro atoms. The predicted molar refractivity (Wildman–Crippen MR) is 102 cm³/mol. The molecule has 1 amide bonds. The van der Waals surface area contributed by atoms with E-state index in [9.17, 15) is 14.7 Å². The van der Waals surface area contributed by atoms with Crippen LogP contribution >= 0.6 is 0 Å². The topological polar surface area (TPSA) is 66.4 Å². The molecule has 2 aromatic carbocycles. The lowest BCUT2D eigenvalue weighted by molar-refractivity contribution is -0.120. The highest BCUT2D eigenvalue weighted by Crippen LogP contribution is 2.26. The lowest BCUT2D eigenvalue weighted by Crippen LogP contribution is -2.25. The van der Waals surface area contributed by atoms with Crippen molar-refractivity contribution in [2.45, 2.75) is 44.9 Å². The van der Waals surface area contributed by atoms with Crippen molar-refractivity contribution < 1.29 is 14.7 Å². The molecule has 3 rings (SSSR count). The zero-order chi connectivity index (χ0) is 18.4. The highest BCUT2D eigenvalue weighted by molar-refractivity contribution is 6.01. The Balaban J connectivity index is 1.73. The summed E-state index contributed by atoms with van der Waals surface area (Å²) in [6.07, 6.45) is 6.78. The Labute approximate surface area is 154 Å². The van der Waals surface area contributed by atoms with Gasteiger partial charge in [0.25, 0.3) is 0 Å². The number of carbonyl (C=O) groups is 2. The first-order valence-corrected chi connectivity index (χ1v) is 9.34. The third kappa shape index (κ3) is 4.72. The van der Waals surface area contributed by atoms with Gasteiger partial charge in [-0.2, -0.15) is 0 Å². The van der Waals surface area contributed by atoms with Crippen molar-refractivity contribution in [2.75, 3.05) is 5.32 Å². The van der Waals surface area contributed by atoms with Crippen molar-refractivity contribution in [2.24, 2.45) is 5.92 Å². The Morgan fingerprint density at radius 3 is 2.31 bits per heavy atom. The van der Waals surface area contributed by atoms with Gasteiger partial charge in [0.1, 0.15) is 0 Å². The van der Waals surface area contributed by atoms with Crippen molar-refractivity contribution in [3.05, 3.63) is 65.2 Å². The highest BCUT2D eigenvalue weighted by atomic mass is 16.4. The van der Waals surface area contributed by atoms with Crippen molar-refractivity contribution in [3.8, 4) is 0 Å². The van der Waals surface area contributed by atoms with E-state index < -0.39 is 5.97 Å². The summed E-state index contributed by atoms with van der Waals surface area (Å²) in [5, 5.41) is 12.3. The first kappa shape index (κ1) is 18.2. The molecule has 1 saturated carbocycles. The molecule has 2 aromatic rings.